The Hall–Kier alpha value is -2.90. The Morgan fingerprint density at radius 1 is 1.32 bits per heavy atom. The van der Waals surface area contributed by atoms with Crippen molar-refractivity contribution in [1.82, 2.24) is 19.4 Å². The van der Waals surface area contributed by atoms with Crippen LogP contribution < -0.4 is 11.3 Å². The molecule has 1 saturated heterocycles. The molecule has 3 N–H and O–H groups in total. The number of hydrogen-bond donors (Lipinski definition) is 2. The van der Waals surface area contributed by atoms with Crippen LogP contribution in [0.1, 0.15) is 12.5 Å². The average molecular weight is 378 g/mol. The second-order valence-corrected chi connectivity index (χ2v) is 7.54. The van der Waals surface area contributed by atoms with E-state index in [0.717, 1.165) is 41.6 Å². The number of amides is 1. The fourth-order valence-electron chi connectivity index (χ4n) is 3.75. The van der Waals surface area contributed by atoms with Gasteiger partial charge in [0, 0.05) is 55.4 Å². The second-order valence-electron chi connectivity index (χ2n) is 7.54. The molecule has 7 heteroatoms. The van der Waals surface area contributed by atoms with Crippen molar-refractivity contribution in [2.45, 2.75) is 19.5 Å². The highest BCUT2D eigenvalue weighted by Crippen LogP contribution is 2.24. The van der Waals surface area contributed by atoms with E-state index in [2.05, 4.69) is 47.0 Å². The minimum Gasteiger partial charge on any atom is -0.354 e. The minimum atomic E-state index is -0.817. The van der Waals surface area contributed by atoms with E-state index in [0.29, 0.717) is 17.3 Å². The molecule has 7 nitrogen and oxygen atoms in total. The number of pyridine rings is 1. The van der Waals surface area contributed by atoms with E-state index < -0.39 is 11.6 Å². The molecule has 1 atom stereocenters. The van der Waals surface area contributed by atoms with Gasteiger partial charge in [0.15, 0.2) is 0 Å². The summed E-state index contributed by atoms with van der Waals surface area (Å²) in [6.45, 7) is 6.35. The summed E-state index contributed by atoms with van der Waals surface area (Å²) in [5.41, 5.74) is 8.00. The Labute approximate surface area is 163 Å². The molecule has 2 aromatic heterocycles. The Kier molecular flexibility index (Phi) is 4.78. The molecule has 0 aliphatic carbocycles. The van der Waals surface area contributed by atoms with E-state index in [4.69, 9.17) is 5.73 Å². The molecule has 28 heavy (non-hydrogen) atoms. The van der Waals surface area contributed by atoms with Crippen molar-refractivity contribution >= 4 is 16.9 Å². The molecule has 0 bridgehead atoms. The van der Waals surface area contributed by atoms with Gasteiger partial charge in [-0.25, -0.2) is 9.36 Å². The number of carbonyl (C=O) groups excluding carboxylic acids is 1. The summed E-state index contributed by atoms with van der Waals surface area (Å²) >= 11 is 0. The van der Waals surface area contributed by atoms with E-state index in [-0.39, 0.29) is 0 Å². The van der Waals surface area contributed by atoms with Crippen LogP contribution in [0.15, 0.2) is 41.3 Å². The molecule has 1 aliphatic heterocycles. The first kappa shape index (κ1) is 18.5. The van der Waals surface area contributed by atoms with Crippen LogP contribution in [0.2, 0.25) is 0 Å². The van der Waals surface area contributed by atoms with Crippen molar-refractivity contribution in [1.29, 1.82) is 0 Å². The molecule has 145 valence electrons. The molecule has 4 rings (SSSR count). The lowest BCUT2D eigenvalue weighted by atomic mass is 10.1. The number of likely N-dealkylation sites (N-methyl/N-ethyl adjacent to an activating group) is 1. The van der Waals surface area contributed by atoms with E-state index >= 15 is 0 Å². The molecule has 3 heterocycles. The van der Waals surface area contributed by atoms with E-state index in [1.807, 2.05) is 12.1 Å². The molecular formula is C21H24N5O2. The van der Waals surface area contributed by atoms with Gasteiger partial charge >= 0.3 is 6.03 Å². The highest BCUT2D eigenvalue weighted by atomic mass is 16.2. The number of aromatic nitrogens is 2. The molecule has 1 fully saturated rings. The van der Waals surface area contributed by atoms with Crippen LogP contribution in [0.25, 0.3) is 22.2 Å². The third-order valence-corrected chi connectivity index (χ3v) is 5.54. The van der Waals surface area contributed by atoms with Crippen LogP contribution in [-0.2, 0) is 6.54 Å². The second kappa shape index (κ2) is 7.26. The zero-order valence-corrected chi connectivity index (χ0v) is 16.1. The largest absolute Gasteiger partial charge is 0.354 e. The highest BCUT2D eigenvalue weighted by Gasteiger charge is 2.20. The van der Waals surface area contributed by atoms with Crippen molar-refractivity contribution in [2.75, 3.05) is 26.7 Å². The maximum atomic E-state index is 12.5. The Morgan fingerprint density at radius 2 is 2.14 bits per heavy atom. The first-order valence-corrected chi connectivity index (χ1v) is 9.39. The fraction of sp³-hybridized carbons (Fsp3) is 0.333. The van der Waals surface area contributed by atoms with Crippen LogP contribution in [0.3, 0.4) is 0 Å². The maximum Gasteiger partial charge on any atom is 0.325 e. The standard InChI is InChI=1S/C21H24N5O2/c1-14-12-25(9-8-24(14)2)13-15-5-6-18-16(10-15)11-19(23-18)17-4-3-7-26(20(17)27)21(22)28/h4-7,10-11,14,23H,8-9,12-13H2,1-2H3,(H2,22,28). The number of piperazine rings is 1. The molecule has 0 saturated carbocycles. The van der Waals surface area contributed by atoms with Crippen LogP contribution in [0, 0.1) is 6.07 Å². The molecule has 3 aromatic rings. The summed E-state index contributed by atoms with van der Waals surface area (Å²) in [5, 5.41) is 1.03. The van der Waals surface area contributed by atoms with Gasteiger partial charge in [0.1, 0.15) is 0 Å². The molecule has 1 radical (unpaired) electrons. The van der Waals surface area contributed by atoms with Gasteiger partial charge in [0.2, 0.25) is 0 Å². The van der Waals surface area contributed by atoms with Gasteiger partial charge < -0.3 is 15.6 Å². The number of hydrogen-bond acceptors (Lipinski definition) is 4. The highest BCUT2D eigenvalue weighted by molar-refractivity contribution is 5.86. The maximum absolute atomic E-state index is 12.5. The summed E-state index contributed by atoms with van der Waals surface area (Å²) in [6, 6.07) is 12.3. The summed E-state index contributed by atoms with van der Waals surface area (Å²) < 4.78 is 0.862. The summed E-state index contributed by atoms with van der Waals surface area (Å²) in [4.78, 5) is 32.0. The topological polar surface area (TPSA) is 87.4 Å². The Morgan fingerprint density at radius 3 is 2.89 bits per heavy atom. The normalized spacial score (nSPS) is 18.6. The lowest BCUT2D eigenvalue weighted by molar-refractivity contribution is 0.100. The quantitative estimate of drug-likeness (QED) is 0.728. The van der Waals surface area contributed by atoms with Gasteiger partial charge in [0.25, 0.3) is 5.56 Å². The van der Waals surface area contributed by atoms with Crippen LogP contribution in [0.5, 0.6) is 0 Å². The number of rotatable bonds is 3. The smallest absolute Gasteiger partial charge is 0.325 e. The summed E-state index contributed by atoms with van der Waals surface area (Å²) in [7, 11) is 2.17. The van der Waals surface area contributed by atoms with Crippen molar-refractivity contribution in [3.8, 4) is 11.3 Å². The molecule has 1 aliphatic rings. The first-order valence-electron chi connectivity index (χ1n) is 9.39. The number of benzene rings is 1. The third kappa shape index (κ3) is 3.46. The van der Waals surface area contributed by atoms with Crippen LogP contribution >= 0.6 is 0 Å². The molecule has 1 unspecified atom stereocenters. The van der Waals surface area contributed by atoms with Gasteiger partial charge in [-0.15, -0.1) is 0 Å². The third-order valence-electron chi connectivity index (χ3n) is 5.54. The van der Waals surface area contributed by atoms with Gasteiger partial charge in [0.05, 0.1) is 11.3 Å². The number of nitrogens with two attached hydrogens (primary N) is 1. The predicted octanol–water partition coefficient (Wildman–Crippen LogP) is 1.86. The number of carbonyl (C=O) groups is 1. The monoisotopic (exact) mass is 378 g/mol. The van der Waals surface area contributed by atoms with E-state index in [1.165, 1.54) is 11.8 Å². The van der Waals surface area contributed by atoms with E-state index in [1.54, 1.807) is 6.07 Å². The lowest BCUT2D eigenvalue weighted by Gasteiger charge is -2.37. The van der Waals surface area contributed by atoms with Crippen molar-refractivity contribution in [2.24, 2.45) is 5.73 Å². The van der Waals surface area contributed by atoms with Gasteiger partial charge in [-0.3, -0.25) is 9.69 Å². The molecule has 0 spiro atoms. The number of nitrogens with one attached hydrogen (secondary N) is 1. The molecule has 1 amide bonds. The number of nitrogens with zero attached hydrogens (tertiary/aromatic N) is 3. The van der Waals surface area contributed by atoms with Gasteiger partial charge in [-0.1, -0.05) is 6.07 Å². The predicted molar refractivity (Wildman–Crippen MR) is 109 cm³/mol. The Balaban J connectivity index is 1.62. The number of primary amides is 1. The SMILES string of the molecule is CC1CN(Cc2ccc3[nH]c(-c4c[c]cn(C(N)=O)c4=O)cc3c2)CCN1C. The van der Waals surface area contributed by atoms with Crippen LogP contribution in [-0.4, -0.2) is 58.1 Å². The van der Waals surface area contributed by atoms with E-state index in [9.17, 15) is 9.59 Å². The number of aromatic amines is 1. The first-order chi connectivity index (χ1) is 13.4. The average Bonchev–Trinajstić information content (AvgIpc) is 3.07. The lowest BCUT2D eigenvalue weighted by Crippen LogP contribution is -2.49. The fourth-order valence-corrected chi connectivity index (χ4v) is 3.75. The molecule has 1 aromatic carbocycles. The van der Waals surface area contributed by atoms with Crippen molar-refractivity contribution in [3.05, 3.63) is 58.5 Å². The number of H-pyrrole nitrogens is 1. The van der Waals surface area contributed by atoms with Crippen molar-refractivity contribution in [3.63, 3.8) is 0 Å². The van der Waals surface area contributed by atoms with Crippen LogP contribution in [0.4, 0.5) is 4.79 Å². The zero-order chi connectivity index (χ0) is 19.8. The van der Waals surface area contributed by atoms with Gasteiger partial charge in [-0.2, -0.15) is 0 Å². The van der Waals surface area contributed by atoms with Gasteiger partial charge in [-0.05, 0) is 43.8 Å². The summed E-state index contributed by atoms with van der Waals surface area (Å²) in [6.07, 6.45) is 1.26. The number of fused-ring (bicyclic) bond motifs is 1. The Bertz CT molecular complexity index is 1080. The van der Waals surface area contributed by atoms with Crippen molar-refractivity contribution < 1.29 is 4.79 Å². The zero-order valence-electron chi connectivity index (χ0n) is 16.1. The summed E-state index contributed by atoms with van der Waals surface area (Å²) in [5.74, 6) is 0. The molecular weight excluding hydrogens is 354 g/mol. The minimum absolute atomic E-state index is 0.368.